The van der Waals surface area contributed by atoms with Crippen LogP contribution in [0, 0.1) is 5.92 Å². The minimum Gasteiger partial charge on any atom is -0.312 e. The lowest BCUT2D eigenvalue weighted by molar-refractivity contribution is 0.360. The lowest BCUT2D eigenvalue weighted by Gasteiger charge is -2.24. The highest BCUT2D eigenvalue weighted by molar-refractivity contribution is 5.01. The smallest absolute Gasteiger partial charge is 0.0627 e. The third-order valence-corrected chi connectivity index (χ3v) is 3.70. The van der Waals surface area contributed by atoms with Gasteiger partial charge in [0, 0.05) is 17.8 Å². The van der Waals surface area contributed by atoms with Gasteiger partial charge in [-0.2, -0.15) is 5.10 Å². The molecule has 0 radical (unpaired) electrons. The van der Waals surface area contributed by atoms with Crippen molar-refractivity contribution in [2.24, 2.45) is 5.92 Å². The van der Waals surface area contributed by atoms with Crippen LogP contribution < -0.4 is 5.32 Å². The lowest BCUT2D eigenvalue weighted by atomic mass is 9.98. The molecule has 3 heteroatoms. The van der Waals surface area contributed by atoms with Gasteiger partial charge < -0.3 is 5.32 Å². The fourth-order valence-electron chi connectivity index (χ4n) is 2.03. The molecule has 2 atom stereocenters. The van der Waals surface area contributed by atoms with Crippen LogP contribution in [0.1, 0.15) is 66.1 Å². The van der Waals surface area contributed by atoms with Crippen molar-refractivity contribution >= 4 is 0 Å². The number of hydrogen-bond donors (Lipinski definition) is 1. The highest BCUT2D eigenvalue weighted by Gasteiger charge is 2.15. The van der Waals surface area contributed by atoms with Crippen LogP contribution in [-0.2, 0) is 6.42 Å². The first-order valence-corrected chi connectivity index (χ1v) is 7.64. The quantitative estimate of drug-likeness (QED) is 0.812. The zero-order valence-corrected chi connectivity index (χ0v) is 13.5. The van der Waals surface area contributed by atoms with Gasteiger partial charge in [0.2, 0.25) is 0 Å². The SMILES string of the molecule is CCC(CNC(C)(C)C)Cc1ccn(C(C)CC)n1. The van der Waals surface area contributed by atoms with E-state index in [0.29, 0.717) is 12.0 Å². The molecule has 1 heterocycles. The number of aromatic nitrogens is 2. The normalized spacial score (nSPS) is 15.5. The van der Waals surface area contributed by atoms with Gasteiger partial charge in [-0.05, 0) is 59.1 Å². The van der Waals surface area contributed by atoms with Crippen LogP contribution in [0.3, 0.4) is 0 Å². The highest BCUT2D eigenvalue weighted by atomic mass is 15.3. The molecule has 1 rings (SSSR count). The molecule has 0 fully saturated rings. The van der Waals surface area contributed by atoms with Gasteiger partial charge in [0.1, 0.15) is 0 Å². The number of nitrogens with one attached hydrogen (secondary N) is 1. The summed E-state index contributed by atoms with van der Waals surface area (Å²) in [5.41, 5.74) is 1.42. The minimum atomic E-state index is 0.198. The topological polar surface area (TPSA) is 29.9 Å². The van der Waals surface area contributed by atoms with Gasteiger partial charge in [-0.1, -0.05) is 20.3 Å². The average Bonchev–Trinajstić information content (AvgIpc) is 2.80. The van der Waals surface area contributed by atoms with Crippen molar-refractivity contribution < 1.29 is 0 Å². The second kappa shape index (κ2) is 7.09. The summed E-state index contributed by atoms with van der Waals surface area (Å²) in [6, 6.07) is 2.67. The van der Waals surface area contributed by atoms with Crippen LogP contribution in [0.15, 0.2) is 12.3 Å². The van der Waals surface area contributed by atoms with Crippen LogP contribution in [0.25, 0.3) is 0 Å². The van der Waals surface area contributed by atoms with Crippen molar-refractivity contribution in [2.45, 2.75) is 72.4 Å². The summed E-state index contributed by atoms with van der Waals surface area (Å²) in [5, 5.41) is 8.30. The van der Waals surface area contributed by atoms with Gasteiger partial charge in [0.05, 0.1) is 5.69 Å². The third kappa shape index (κ3) is 5.77. The van der Waals surface area contributed by atoms with E-state index < -0.39 is 0 Å². The maximum absolute atomic E-state index is 4.70. The average molecular weight is 265 g/mol. The fraction of sp³-hybridized carbons (Fsp3) is 0.812. The summed E-state index contributed by atoms with van der Waals surface area (Å²) in [6.45, 7) is 14.4. The maximum Gasteiger partial charge on any atom is 0.0627 e. The Morgan fingerprint density at radius 1 is 1.26 bits per heavy atom. The van der Waals surface area contributed by atoms with E-state index in [1.807, 2.05) is 0 Å². The second-order valence-corrected chi connectivity index (χ2v) is 6.65. The van der Waals surface area contributed by atoms with Gasteiger partial charge in [0.15, 0.2) is 0 Å². The summed E-state index contributed by atoms with van der Waals surface area (Å²) in [4.78, 5) is 0. The monoisotopic (exact) mass is 265 g/mol. The largest absolute Gasteiger partial charge is 0.312 e. The summed E-state index contributed by atoms with van der Waals surface area (Å²) in [7, 11) is 0. The van der Waals surface area contributed by atoms with Gasteiger partial charge in [0.25, 0.3) is 0 Å². The van der Waals surface area contributed by atoms with Crippen LogP contribution in [0.4, 0.5) is 0 Å². The van der Waals surface area contributed by atoms with Gasteiger partial charge in [-0.15, -0.1) is 0 Å². The zero-order valence-electron chi connectivity index (χ0n) is 13.5. The molecule has 110 valence electrons. The first-order valence-electron chi connectivity index (χ1n) is 7.64. The van der Waals surface area contributed by atoms with Crippen molar-refractivity contribution in [3.63, 3.8) is 0 Å². The van der Waals surface area contributed by atoms with Gasteiger partial charge >= 0.3 is 0 Å². The van der Waals surface area contributed by atoms with Crippen molar-refractivity contribution in [1.29, 1.82) is 0 Å². The van der Waals surface area contributed by atoms with Gasteiger partial charge in [-0.25, -0.2) is 0 Å². The molecule has 0 aliphatic rings. The predicted molar refractivity (Wildman–Crippen MR) is 82.5 cm³/mol. The van der Waals surface area contributed by atoms with Crippen LogP contribution in [0.5, 0.6) is 0 Å². The molecular weight excluding hydrogens is 234 g/mol. The zero-order chi connectivity index (χ0) is 14.5. The second-order valence-electron chi connectivity index (χ2n) is 6.65. The molecule has 0 spiro atoms. The van der Waals surface area contributed by atoms with Crippen LogP contribution >= 0.6 is 0 Å². The summed E-state index contributed by atoms with van der Waals surface area (Å²) < 4.78 is 2.10. The molecule has 0 aromatic carbocycles. The Balaban J connectivity index is 2.53. The molecule has 2 unspecified atom stereocenters. The molecule has 0 bridgehead atoms. The Kier molecular flexibility index (Phi) is 6.05. The molecule has 0 aliphatic heterocycles. The standard InChI is InChI=1S/C16H31N3/c1-7-13(3)19-10-9-15(18-19)11-14(8-2)12-17-16(4,5)6/h9-10,13-14,17H,7-8,11-12H2,1-6H3. The molecule has 0 amide bonds. The Labute approximate surface area is 118 Å². The summed E-state index contributed by atoms with van der Waals surface area (Å²) in [6.07, 6.45) is 5.51. The summed E-state index contributed by atoms with van der Waals surface area (Å²) in [5.74, 6) is 0.666. The van der Waals surface area contributed by atoms with Crippen molar-refractivity contribution in [1.82, 2.24) is 15.1 Å². The molecule has 1 N–H and O–H groups in total. The van der Waals surface area contributed by atoms with E-state index in [9.17, 15) is 0 Å². The number of nitrogens with zero attached hydrogens (tertiary/aromatic N) is 2. The first kappa shape index (κ1) is 16.2. The predicted octanol–water partition coefficient (Wildman–Crippen LogP) is 3.81. The Morgan fingerprint density at radius 3 is 2.47 bits per heavy atom. The number of hydrogen-bond acceptors (Lipinski definition) is 2. The van der Waals surface area contributed by atoms with Crippen molar-refractivity contribution in [2.75, 3.05) is 6.54 Å². The molecule has 0 aliphatic carbocycles. The molecule has 19 heavy (non-hydrogen) atoms. The summed E-state index contributed by atoms with van der Waals surface area (Å²) >= 11 is 0. The Hall–Kier alpha value is -0.830. The van der Waals surface area contributed by atoms with E-state index >= 15 is 0 Å². The van der Waals surface area contributed by atoms with Crippen molar-refractivity contribution in [3.05, 3.63) is 18.0 Å². The highest BCUT2D eigenvalue weighted by Crippen LogP contribution is 2.14. The minimum absolute atomic E-state index is 0.198. The van der Waals surface area contributed by atoms with Crippen LogP contribution in [-0.4, -0.2) is 21.9 Å². The molecule has 1 aromatic rings. The third-order valence-electron chi connectivity index (χ3n) is 3.70. The first-order chi connectivity index (χ1) is 8.85. The van der Waals surface area contributed by atoms with Crippen LogP contribution in [0.2, 0.25) is 0 Å². The van der Waals surface area contributed by atoms with E-state index in [1.165, 1.54) is 12.1 Å². The Morgan fingerprint density at radius 2 is 1.95 bits per heavy atom. The van der Waals surface area contributed by atoms with E-state index in [0.717, 1.165) is 19.4 Å². The van der Waals surface area contributed by atoms with E-state index in [4.69, 9.17) is 5.10 Å². The fourth-order valence-corrected chi connectivity index (χ4v) is 2.03. The van der Waals surface area contributed by atoms with E-state index in [1.54, 1.807) is 0 Å². The number of rotatable bonds is 7. The molecule has 3 nitrogen and oxygen atoms in total. The Bertz CT molecular complexity index is 362. The molecule has 1 aromatic heterocycles. The molecule has 0 saturated heterocycles. The molecule has 0 saturated carbocycles. The van der Waals surface area contributed by atoms with Gasteiger partial charge in [-0.3, -0.25) is 4.68 Å². The van der Waals surface area contributed by atoms with E-state index in [-0.39, 0.29) is 5.54 Å². The lowest BCUT2D eigenvalue weighted by Crippen LogP contribution is -2.39. The van der Waals surface area contributed by atoms with E-state index in [2.05, 4.69) is 63.8 Å². The molecular formula is C16H31N3. The van der Waals surface area contributed by atoms with Crippen molar-refractivity contribution in [3.8, 4) is 0 Å². The maximum atomic E-state index is 4.70.